The van der Waals surface area contributed by atoms with Crippen LogP contribution in [-0.4, -0.2) is 21.6 Å². The minimum atomic E-state index is -4.60. The molecule has 3 rings (SSSR count). The predicted octanol–water partition coefficient (Wildman–Crippen LogP) is 2.77. The number of pyridine rings is 1. The van der Waals surface area contributed by atoms with Gasteiger partial charge in [0.2, 0.25) is 0 Å². The molecule has 1 atom stereocenters. The highest BCUT2D eigenvalue weighted by Gasteiger charge is 2.34. The van der Waals surface area contributed by atoms with E-state index in [2.05, 4.69) is 10.3 Å². The van der Waals surface area contributed by atoms with Crippen molar-refractivity contribution in [1.82, 2.24) is 9.55 Å². The fraction of sp³-hybridized carbons (Fsp3) is 0.312. The highest BCUT2D eigenvalue weighted by atomic mass is 19.4. The number of anilines is 1. The van der Waals surface area contributed by atoms with E-state index in [1.54, 1.807) is 17.8 Å². The molecular formula is C16H15F3N4O3. The van der Waals surface area contributed by atoms with Crippen molar-refractivity contribution < 1.29 is 27.5 Å². The lowest BCUT2D eigenvalue weighted by Crippen LogP contribution is -2.18. The normalized spacial score (nSPS) is 16.2. The molecule has 0 saturated heterocycles. The number of aryl methyl sites for hydroxylation is 1. The van der Waals surface area contributed by atoms with Gasteiger partial charge in [0.25, 0.3) is 5.91 Å². The van der Waals surface area contributed by atoms with Crippen LogP contribution in [-0.2, 0) is 24.4 Å². The van der Waals surface area contributed by atoms with Gasteiger partial charge in [-0.15, -0.1) is 0 Å². The number of hydrogen-bond donors (Lipinski definition) is 2. The van der Waals surface area contributed by atoms with E-state index in [0.717, 1.165) is 12.3 Å². The van der Waals surface area contributed by atoms with E-state index in [0.29, 0.717) is 29.7 Å². The predicted molar refractivity (Wildman–Crippen MR) is 84.3 cm³/mol. The number of halogens is 3. The van der Waals surface area contributed by atoms with E-state index >= 15 is 0 Å². The van der Waals surface area contributed by atoms with Crippen molar-refractivity contribution >= 4 is 17.7 Å². The van der Waals surface area contributed by atoms with Crippen molar-refractivity contribution in [2.75, 3.05) is 5.32 Å². The molecular weight excluding hydrogens is 353 g/mol. The third-order valence-electron chi connectivity index (χ3n) is 4.10. The molecule has 1 unspecified atom stereocenters. The van der Waals surface area contributed by atoms with Gasteiger partial charge >= 0.3 is 12.3 Å². The number of nitrogens with two attached hydrogens (primary N) is 1. The second kappa shape index (κ2) is 6.36. The molecule has 2 aromatic rings. The van der Waals surface area contributed by atoms with Gasteiger partial charge in [-0.05, 0) is 30.5 Å². The third-order valence-corrected chi connectivity index (χ3v) is 4.10. The summed E-state index contributed by atoms with van der Waals surface area (Å²) < 4.78 is 44.8. The van der Waals surface area contributed by atoms with Crippen molar-refractivity contribution in [3.63, 3.8) is 0 Å². The Kier molecular flexibility index (Phi) is 4.34. The maximum absolute atomic E-state index is 12.7. The lowest BCUT2D eigenvalue weighted by atomic mass is 10.1. The molecule has 2 heterocycles. The van der Waals surface area contributed by atoms with E-state index < -0.39 is 30.0 Å². The van der Waals surface area contributed by atoms with Crippen molar-refractivity contribution in [3.8, 4) is 0 Å². The van der Waals surface area contributed by atoms with E-state index in [9.17, 15) is 22.8 Å². The molecule has 1 aliphatic rings. The van der Waals surface area contributed by atoms with Crippen LogP contribution in [0.25, 0.3) is 0 Å². The van der Waals surface area contributed by atoms with Crippen LogP contribution in [0.1, 0.15) is 39.8 Å². The molecule has 0 aromatic carbocycles. The van der Waals surface area contributed by atoms with Crippen molar-refractivity contribution in [3.05, 3.63) is 47.0 Å². The fourth-order valence-corrected chi connectivity index (χ4v) is 3.09. The Morgan fingerprint density at radius 1 is 1.42 bits per heavy atom. The highest BCUT2D eigenvalue weighted by molar-refractivity contribution is 6.04. The standard InChI is InChI=1S/C16H15F3N4O3/c1-23-7-10-9(2-3-11(10)26-15(20)25)13(23)14(24)22-8-4-5-21-12(6-8)16(17,18)19/h4-7,11H,2-3H2,1H3,(H2,20,25)(H,21,22,24). The topological polar surface area (TPSA) is 99.2 Å². The van der Waals surface area contributed by atoms with E-state index in [-0.39, 0.29) is 5.69 Å². The van der Waals surface area contributed by atoms with E-state index in [1.165, 1.54) is 6.07 Å². The molecule has 3 N–H and O–H groups in total. The first kappa shape index (κ1) is 17.8. The minimum Gasteiger partial charge on any atom is -0.441 e. The van der Waals surface area contributed by atoms with Gasteiger partial charge in [0.05, 0.1) is 0 Å². The summed E-state index contributed by atoms with van der Waals surface area (Å²) in [5.74, 6) is -0.562. The molecule has 0 fully saturated rings. The molecule has 0 spiro atoms. The molecule has 1 aliphatic carbocycles. The average Bonchev–Trinajstić information content (AvgIpc) is 3.05. The van der Waals surface area contributed by atoms with Crippen molar-refractivity contribution in [2.24, 2.45) is 12.8 Å². The van der Waals surface area contributed by atoms with Gasteiger partial charge in [-0.1, -0.05) is 0 Å². The highest BCUT2D eigenvalue weighted by Crippen LogP contribution is 2.37. The van der Waals surface area contributed by atoms with Crippen LogP contribution < -0.4 is 11.1 Å². The molecule has 7 nitrogen and oxygen atoms in total. The monoisotopic (exact) mass is 368 g/mol. The summed E-state index contributed by atoms with van der Waals surface area (Å²) in [6.07, 6.45) is -2.44. The zero-order chi connectivity index (χ0) is 19.1. The Labute approximate surface area is 145 Å². The molecule has 0 aliphatic heterocycles. The van der Waals surface area contributed by atoms with E-state index in [4.69, 9.17) is 10.5 Å². The average molecular weight is 368 g/mol. The quantitative estimate of drug-likeness (QED) is 0.870. The second-order valence-electron chi connectivity index (χ2n) is 5.87. The molecule has 138 valence electrons. The van der Waals surface area contributed by atoms with Crippen LogP contribution in [0.3, 0.4) is 0 Å². The van der Waals surface area contributed by atoms with Crippen LogP contribution in [0.15, 0.2) is 24.5 Å². The Morgan fingerprint density at radius 3 is 2.81 bits per heavy atom. The number of nitrogens with zero attached hydrogens (tertiary/aromatic N) is 2. The summed E-state index contributed by atoms with van der Waals surface area (Å²) in [6, 6.07) is 2.04. The Morgan fingerprint density at radius 2 is 2.15 bits per heavy atom. The number of carbonyl (C=O) groups is 2. The van der Waals surface area contributed by atoms with Gasteiger partial charge in [-0.2, -0.15) is 13.2 Å². The van der Waals surface area contributed by atoms with Crippen LogP contribution >= 0.6 is 0 Å². The Balaban J connectivity index is 1.85. The van der Waals surface area contributed by atoms with Gasteiger partial charge in [-0.3, -0.25) is 9.78 Å². The summed E-state index contributed by atoms with van der Waals surface area (Å²) >= 11 is 0. The summed E-state index contributed by atoms with van der Waals surface area (Å²) in [5.41, 5.74) is 5.57. The third kappa shape index (κ3) is 3.35. The maximum Gasteiger partial charge on any atom is 0.433 e. The number of primary amides is 1. The molecule has 0 bridgehead atoms. The molecule has 0 saturated carbocycles. The fourth-order valence-electron chi connectivity index (χ4n) is 3.09. The molecule has 26 heavy (non-hydrogen) atoms. The van der Waals surface area contributed by atoms with Crippen LogP contribution in [0.5, 0.6) is 0 Å². The number of nitrogens with one attached hydrogen (secondary N) is 1. The van der Waals surface area contributed by atoms with Gasteiger partial charge in [-0.25, -0.2) is 4.79 Å². The maximum atomic E-state index is 12.7. The van der Waals surface area contributed by atoms with Gasteiger partial charge in [0.1, 0.15) is 17.5 Å². The van der Waals surface area contributed by atoms with Gasteiger partial charge < -0.3 is 20.4 Å². The molecule has 2 aromatic heterocycles. The SMILES string of the molecule is Cn1cc2c(c1C(=O)Nc1ccnc(C(F)(F)F)c1)CCC2OC(N)=O. The first-order valence-electron chi connectivity index (χ1n) is 7.65. The zero-order valence-electron chi connectivity index (χ0n) is 13.6. The molecule has 2 amide bonds. The van der Waals surface area contributed by atoms with Crippen LogP contribution in [0, 0.1) is 0 Å². The first-order valence-corrected chi connectivity index (χ1v) is 7.65. The van der Waals surface area contributed by atoms with Gasteiger partial charge in [0, 0.05) is 30.7 Å². The number of hydrogen-bond acceptors (Lipinski definition) is 4. The Hall–Kier alpha value is -3.04. The van der Waals surface area contributed by atoms with Crippen molar-refractivity contribution in [2.45, 2.75) is 25.1 Å². The number of aromatic nitrogens is 2. The lowest BCUT2D eigenvalue weighted by Gasteiger charge is -2.10. The number of carbonyl (C=O) groups excluding carboxylic acids is 2. The summed E-state index contributed by atoms with van der Waals surface area (Å²) in [5, 5.41) is 2.45. The van der Waals surface area contributed by atoms with Crippen LogP contribution in [0.4, 0.5) is 23.7 Å². The largest absolute Gasteiger partial charge is 0.441 e. The van der Waals surface area contributed by atoms with Gasteiger partial charge in [0.15, 0.2) is 0 Å². The zero-order valence-corrected chi connectivity index (χ0v) is 13.6. The molecule has 10 heteroatoms. The number of ether oxygens (including phenoxy) is 1. The number of rotatable bonds is 3. The van der Waals surface area contributed by atoms with Crippen LogP contribution in [0.2, 0.25) is 0 Å². The lowest BCUT2D eigenvalue weighted by molar-refractivity contribution is -0.141. The summed E-state index contributed by atoms with van der Waals surface area (Å²) in [4.78, 5) is 26.8. The second-order valence-corrected chi connectivity index (χ2v) is 5.87. The minimum absolute atomic E-state index is 0.0183. The first-order chi connectivity index (χ1) is 12.2. The van der Waals surface area contributed by atoms with E-state index in [1.807, 2.05) is 0 Å². The number of alkyl halides is 3. The number of amides is 2. The Bertz CT molecular complexity index is 876. The summed E-state index contributed by atoms with van der Waals surface area (Å²) in [6.45, 7) is 0. The summed E-state index contributed by atoms with van der Waals surface area (Å²) in [7, 11) is 1.63. The van der Waals surface area contributed by atoms with Crippen molar-refractivity contribution in [1.29, 1.82) is 0 Å². The number of fused-ring (bicyclic) bond motifs is 1. The molecule has 0 radical (unpaired) electrons. The smallest absolute Gasteiger partial charge is 0.433 e.